The minimum Gasteiger partial charge on any atom is -0.493 e. The van der Waals surface area contributed by atoms with Crippen LogP contribution in [0, 0.1) is 6.92 Å². The van der Waals surface area contributed by atoms with Crippen molar-refractivity contribution in [3.63, 3.8) is 0 Å². The van der Waals surface area contributed by atoms with Gasteiger partial charge >= 0.3 is 0 Å². The number of rotatable bonds is 5. The normalized spacial score (nSPS) is 21.4. The first kappa shape index (κ1) is 20.1. The molecular formula is C24H28N2O4. The second-order valence-corrected chi connectivity index (χ2v) is 8.34. The van der Waals surface area contributed by atoms with E-state index in [9.17, 15) is 4.79 Å². The topological polar surface area (TPSA) is 60.0 Å². The highest BCUT2D eigenvalue weighted by atomic mass is 16.5. The molecule has 2 aliphatic heterocycles. The fraction of sp³-hybridized carbons (Fsp3) is 0.375. The number of hydrogen-bond donors (Lipinski definition) is 1. The highest BCUT2D eigenvalue weighted by molar-refractivity contribution is 5.91. The molecule has 1 N–H and O–H groups in total. The Morgan fingerprint density at radius 1 is 1.03 bits per heavy atom. The van der Waals surface area contributed by atoms with Crippen LogP contribution in [0.4, 0.5) is 5.69 Å². The van der Waals surface area contributed by atoms with Crippen molar-refractivity contribution in [2.45, 2.75) is 31.8 Å². The number of anilines is 1. The van der Waals surface area contributed by atoms with E-state index in [1.54, 1.807) is 21.3 Å². The molecule has 2 heterocycles. The first-order valence-corrected chi connectivity index (χ1v) is 9.96. The van der Waals surface area contributed by atoms with E-state index in [2.05, 4.69) is 55.3 Å². The monoisotopic (exact) mass is 408 g/mol. The zero-order valence-electron chi connectivity index (χ0n) is 18.3. The van der Waals surface area contributed by atoms with E-state index >= 15 is 0 Å². The molecule has 6 nitrogen and oxygen atoms in total. The van der Waals surface area contributed by atoms with Gasteiger partial charge in [-0.15, -0.1) is 0 Å². The van der Waals surface area contributed by atoms with Crippen LogP contribution in [0.5, 0.6) is 17.2 Å². The van der Waals surface area contributed by atoms with Crippen LogP contribution in [0.1, 0.15) is 30.5 Å². The number of nitrogens with one attached hydrogen (secondary N) is 1. The average Bonchev–Trinajstić information content (AvgIpc) is 3.15. The van der Waals surface area contributed by atoms with Gasteiger partial charge in [0.1, 0.15) is 5.66 Å². The van der Waals surface area contributed by atoms with Gasteiger partial charge in [0, 0.05) is 11.1 Å². The summed E-state index contributed by atoms with van der Waals surface area (Å²) >= 11 is 0. The molecule has 1 amide bonds. The van der Waals surface area contributed by atoms with Gasteiger partial charge in [-0.3, -0.25) is 4.79 Å². The summed E-state index contributed by atoms with van der Waals surface area (Å²) < 4.78 is 16.4. The minimum absolute atomic E-state index is 0.0174. The molecule has 0 aliphatic carbocycles. The minimum atomic E-state index is -0.652. The van der Waals surface area contributed by atoms with Gasteiger partial charge in [-0.05, 0) is 42.3 Å². The van der Waals surface area contributed by atoms with E-state index < -0.39 is 5.66 Å². The molecule has 158 valence electrons. The van der Waals surface area contributed by atoms with Crippen molar-refractivity contribution in [3.05, 3.63) is 53.1 Å². The van der Waals surface area contributed by atoms with Gasteiger partial charge in [-0.1, -0.05) is 37.6 Å². The van der Waals surface area contributed by atoms with Crippen LogP contribution in [0.15, 0.2) is 36.4 Å². The van der Waals surface area contributed by atoms with E-state index in [1.165, 1.54) is 11.1 Å². The molecule has 2 aromatic rings. The Labute approximate surface area is 177 Å². The Morgan fingerprint density at radius 3 is 2.30 bits per heavy atom. The zero-order chi connectivity index (χ0) is 21.7. The van der Waals surface area contributed by atoms with Gasteiger partial charge < -0.3 is 24.4 Å². The first-order valence-electron chi connectivity index (χ1n) is 9.96. The Morgan fingerprint density at radius 2 is 1.70 bits per heavy atom. The highest BCUT2D eigenvalue weighted by Gasteiger charge is 2.59. The molecule has 2 aromatic carbocycles. The Bertz CT molecular complexity index is 1020. The SMILES string of the molecule is COc1cc(C=CC23NC(=O)CN2c2ccc(C)cc2C3(C)C)cc(OC)c1OC. The number of fused-ring (bicyclic) bond motifs is 3. The van der Waals surface area contributed by atoms with Gasteiger partial charge in [-0.25, -0.2) is 0 Å². The fourth-order valence-electron chi connectivity index (χ4n) is 4.70. The molecule has 1 atom stereocenters. The molecular weight excluding hydrogens is 380 g/mol. The predicted molar refractivity (Wildman–Crippen MR) is 118 cm³/mol. The molecule has 1 saturated heterocycles. The lowest BCUT2D eigenvalue weighted by molar-refractivity contribution is -0.118. The van der Waals surface area contributed by atoms with Crippen molar-refractivity contribution in [1.29, 1.82) is 0 Å². The summed E-state index contributed by atoms with van der Waals surface area (Å²) in [6.45, 7) is 6.78. The summed E-state index contributed by atoms with van der Waals surface area (Å²) in [6.07, 6.45) is 4.08. The van der Waals surface area contributed by atoms with Gasteiger partial charge in [0.25, 0.3) is 0 Å². The quantitative estimate of drug-likeness (QED) is 0.818. The maximum atomic E-state index is 12.5. The second kappa shape index (κ2) is 6.97. The van der Waals surface area contributed by atoms with Crippen LogP contribution < -0.4 is 24.4 Å². The van der Waals surface area contributed by atoms with Crippen molar-refractivity contribution in [3.8, 4) is 17.2 Å². The molecule has 2 aliphatic rings. The van der Waals surface area contributed by atoms with E-state index in [1.807, 2.05) is 18.2 Å². The van der Waals surface area contributed by atoms with Gasteiger partial charge in [0.05, 0.1) is 27.9 Å². The number of carbonyl (C=O) groups excluding carboxylic acids is 1. The summed E-state index contributed by atoms with van der Waals surface area (Å²) in [5.41, 5.74) is 3.45. The van der Waals surface area contributed by atoms with Gasteiger partial charge in [0.15, 0.2) is 11.5 Å². The van der Waals surface area contributed by atoms with Gasteiger partial charge in [-0.2, -0.15) is 0 Å². The number of methoxy groups -OCH3 is 3. The lowest BCUT2D eigenvalue weighted by atomic mass is 9.75. The van der Waals surface area contributed by atoms with Crippen molar-refractivity contribution >= 4 is 17.7 Å². The number of ether oxygens (including phenoxy) is 3. The molecule has 0 spiro atoms. The Hall–Kier alpha value is -3.15. The number of nitrogens with zero attached hydrogens (tertiary/aromatic N) is 1. The number of amides is 1. The lowest BCUT2D eigenvalue weighted by Crippen LogP contribution is -2.58. The average molecular weight is 408 g/mol. The van der Waals surface area contributed by atoms with E-state index in [4.69, 9.17) is 14.2 Å². The maximum Gasteiger partial charge on any atom is 0.241 e. The highest BCUT2D eigenvalue weighted by Crippen LogP contribution is 2.53. The van der Waals surface area contributed by atoms with Crippen molar-refractivity contribution in [2.24, 2.45) is 0 Å². The fourth-order valence-corrected chi connectivity index (χ4v) is 4.70. The lowest BCUT2D eigenvalue weighted by Gasteiger charge is -2.40. The van der Waals surface area contributed by atoms with Crippen molar-refractivity contribution in [2.75, 3.05) is 32.8 Å². The molecule has 0 aromatic heterocycles. The number of benzene rings is 2. The standard InChI is InChI=1S/C24H28N2O4/c1-15-7-8-18-17(11-15)23(2,3)24(25-21(27)14-26(18)24)10-9-16-12-19(28-4)22(30-6)20(13-16)29-5/h7-13H,14H2,1-6H3,(H,25,27). The zero-order valence-corrected chi connectivity index (χ0v) is 18.3. The van der Waals surface area contributed by atoms with Gasteiger partial charge in [0.2, 0.25) is 11.7 Å². The number of hydrogen-bond acceptors (Lipinski definition) is 5. The van der Waals surface area contributed by atoms with Crippen LogP contribution in [-0.2, 0) is 10.2 Å². The maximum absolute atomic E-state index is 12.5. The summed E-state index contributed by atoms with van der Waals surface area (Å²) in [7, 11) is 4.78. The Balaban J connectivity index is 1.82. The number of carbonyl (C=O) groups is 1. The van der Waals surface area contributed by atoms with E-state index in [0.717, 1.165) is 11.3 Å². The molecule has 1 fully saturated rings. The molecule has 4 rings (SSSR count). The van der Waals surface area contributed by atoms with E-state index in [-0.39, 0.29) is 11.3 Å². The molecule has 0 radical (unpaired) electrons. The predicted octanol–water partition coefficient (Wildman–Crippen LogP) is 3.66. The third-order valence-corrected chi connectivity index (χ3v) is 6.33. The van der Waals surface area contributed by atoms with Crippen molar-refractivity contribution in [1.82, 2.24) is 5.32 Å². The first-order chi connectivity index (χ1) is 14.3. The molecule has 30 heavy (non-hydrogen) atoms. The molecule has 6 heteroatoms. The summed E-state index contributed by atoms with van der Waals surface area (Å²) in [5, 5.41) is 3.25. The van der Waals surface area contributed by atoms with Crippen LogP contribution in [0.25, 0.3) is 6.08 Å². The summed E-state index contributed by atoms with van der Waals surface area (Å²) in [4.78, 5) is 14.6. The second-order valence-electron chi connectivity index (χ2n) is 8.34. The van der Waals surface area contributed by atoms with Crippen LogP contribution in [0.2, 0.25) is 0 Å². The van der Waals surface area contributed by atoms with Crippen LogP contribution in [0.3, 0.4) is 0 Å². The van der Waals surface area contributed by atoms with E-state index in [0.29, 0.717) is 23.8 Å². The third kappa shape index (κ3) is 2.74. The molecule has 1 unspecified atom stereocenters. The summed E-state index contributed by atoms with van der Waals surface area (Å²) in [6, 6.07) is 10.2. The third-order valence-electron chi connectivity index (χ3n) is 6.33. The summed E-state index contributed by atoms with van der Waals surface area (Å²) in [5.74, 6) is 1.75. The molecule has 0 bridgehead atoms. The number of aryl methyl sites for hydroxylation is 1. The smallest absolute Gasteiger partial charge is 0.241 e. The van der Waals surface area contributed by atoms with Crippen LogP contribution >= 0.6 is 0 Å². The van der Waals surface area contributed by atoms with Crippen LogP contribution in [-0.4, -0.2) is 39.4 Å². The molecule has 0 saturated carbocycles. The Kier molecular flexibility index (Phi) is 4.68. The largest absolute Gasteiger partial charge is 0.493 e. The van der Waals surface area contributed by atoms with Crippen molar-refractivity contribution < 1.29 is 19.0 Å².